The molecule has 0 heterocycles. The molecule has 4 heteroatoms. The maximum absolute atomic E-state index is 13.4. The fourth-order valence-corrected chi connectivity index (χ4v) is 1.39. The predicted molar refractivity (Wildman–Crippen MR) is 61.1 cm³/mol. The van der Waals surface area contributed by atoms with Crippen LogP contribution in [0.4, 0.5) is 4.39 Å². The first-order valence-electron chi connectivity index (χ1n) is 5.37. The molecule has 0 unspecified atom stereocenters. The monoisotopic (exact) mass is 238 g/mol. The molecule has 92 valence electrons. The van der Waals surface area contributed by atoms with E-state index < -0.39 is 23.0 Å². The Bertz CT molecular complexity index is 438. The van der Waals surface area contributed by atoms with Gasteiger partial charge in [-0.25, -0.2) is 4.39 Å². The van der Waals surface area contributed by atoms with Crippen LogP contribution in [0.25, 0.3) is 0 Å². The Kier molecular flexibility index (Phi) is 3.99. The molecule has 0 atom stereocenters. The van der Waals surface area contributed by atoms with E-state index in [9.17, 15) is 14.0 Å². The molecule has 0 aliphatic carbocycles. The molecule has 0 amide bonds. The fraction of sp³-hybridized carbons (Fsp3) is 0.385. The smallest absolute Gasteiger partial charge is 0.319 e. The number of Topliss-reactive ketones (excluding diaryl/α,β-unsaturated/α-hetero) is 1. The number of benzene rings is 1. The summed E-state index contributed by atoms with van der Waals surface area (Å²) >= 11 is 0. The first-order chi connectivity index (χ1) is 7.91. The number of halogens is 1. The van der Waals surface area contributed by atoms with Crippen LogP contribution in [0.1, 0.15) is 31.1 Å². The number of carbonyl (C=O) groups is 2. The third-order valence-corrected chi connectivity index (χ3v) is 2.47. The largest absolute Gasteiger partial charge is 0.465 e. The molecule has 1 aromatic rings. The lowest BCUT2D eigenvalue weighted by molar-refractivity contribution is -0.150. The van der Waals surface area contributed by atoms with Crippen molar-refractivity contribution in [3.63, 3.8) is 0 Å². The van der Waals surface area contributed by atoms with Crippen LogP contribution >= 0.6 is 0 Å². The van der Waals surface area contributed by atoms with Crippen molar-refractivity contribution in [2.24, 2.45) is 5.41 Å². The van der Waals surface area contributed by atoms with Gasteiger partial charge in [0.1, 0.15) is 11.2 Å². The molecule has 0 aliphatic heterocycles. The third-order valence-electron chi connectivity index (χ3n) is 2.47. The second kappa shape index (κ2) is 5.08. The van der Waals surface area contributed by atoms with E-state index in [0.29, 0.717) is 0 Å². The van der Waals surface area contributed by atoms with Gasteiger partial charge in [-0.2, -0.15) is 0 Å². The van der Waals surface area contributed by atoms with Gasteiger partial charge in [0.2, 0.25) is 0 Å². The molecule has 0 aliphatic rings. The normalized spacial score (nSPS) is 11.1. The minimum absolute atomic E-state index is 0.0921. The number of hydrogen-bond acceptors (Lipinski definition) is 3. The van der Waals surface area contributed by atoms with E-state index in [1.165, 1.54) is 32.0 Å². The highest BCUT2D eigenvalue weighted by atomic mass is 19.1. The highest BCUT2D eigenvalue weighted by Crippen LogP contribution is 2.25. The van der Waals surface area contributed by atoms with Crippen LogP contribution in [0, 0.1) is 11.2 Å². The van der Waals surface area contributed by atoms with Crippen molar-refractivity contribution in [2.45, 2.75) is 20.8 Å². The molecule has 1 aromatic carbocycles. The van der Waals surface area contributed by atoms with E-state index >= 15 is 0 Å². The summed E-state index contributed by atoms with van der Waals surface area (Å²) in [5.41, 5.74) is -1.47. The average molecular weight is 238 g/mol. The Labute approximate surface area is 99.6 Å². The van der Waals surface area contributed by atoms with Crippen molar-refractivity contribution >= 4 is 11.8 Å². The summed E-state index contributed by atoms with van der Waals surface area (Å²) in [6.45, 7) is 4.70. The topological polar surface area (TPSA) is 43.4 Å². The van der Waals surface area contributed by atoms with Crippen LogP contribution in [0.5, 0.6) is 0 Å². The minimum atomic E-state index is -1.38. The van der Waals surface area contributed by atoms with Gasteiger partial charge < -0.3 is 4.74 Å². The van der Waals surface area contributed by atoms with Gasteiger partial charge >= 0.3 is 5.97 Å². The number of esters is 1. The van der Waals surface area contributed by atoms with E-state index in [0.717, 1.165) is 0 Å². The Morgan fingerprint density at radius 1 is 1.29 bits per heavy atom. The number of hydrogen-bond donors (Lipinski definition) is 0. The van der Waals surface area contributed by atoms with Crippen LogP contribution < -0.4 is 0 Å². The molecule has 0 fully saturated rings. The first-order valence-corrected chi connectivity index (χ1v) is 5.37. The first kappa shape index (κ1) is 13.4. The lowest BCUT2D eigenvalue weighted by atomic mass is 9.84. The van der Waals surface area contributed by atoms with Crippen LogP contribution in [0.3, 0.4) is 0 Å². The zero-order valence-electron chi connectivity index (χ0n) is 10.1. The van der Waals surface area contributed by atoms with E-state index in [1.807, 2.05) is 0 Å². The maximum atomic E-state index is 13.4. The van der Waals surface area contributed by atoms with E-state index in [2.05, 4.69) is 0 Å². The van der Waals surface area contributed by atoms with Gasteiger partial charge in [-0.1, -0.05) is 12.1 Å². The van der Waals surface area contributed by atoms with Gasteiger partial charge in [-0.15, -0.1) is 0 Å². The standard InChI is InChI=1S/C13H15FO3/c1-4-17-12(16)13(2,3)11(15)9-7-5-6-8-10(9)14/h5-8H,4H2,1-3H3. The van der Waals surface area contributed by atoms with Crippen LogP contribution in [-0.4, -0.2) is 18.4 Å². The van der Waals surface area contributed by atoms with Gasteiger partial charge in [0.05, 0.1) is 12.2 Å². The molecule has 0 saturated heterocycles. The number of ether oxygens (including phenoxy) is 1. The number of carbonyl (C=O) groups excluding carboxylic acids is 2. The molecule has 0 N–H and O–H groups in total. The lowest BCUT2D eigenvalue weighted by Gasteiger charge is -2.20. The van der Waals surface area contributed by atoms with Crippen molar-refractivity contribution < 1.29 is 18.7 Å². The quantitative estimate of drug-likeness (QED) is 0.460. The highest BCUT2D eigenvalue weighted by Gasteiger charge is 2.39. The van der Waals surface area contributed by atoms with Crippen molar-refractivity contribution in [3.05, 3.63) is 35.6 Å². The Morgan fingerprint density at radius 2 is 1.88 bits per heavy atom. The van der Waals surface area contributed by atoms with Crippen molar-refractivity contribution in [1.82, 2.24) is 0 Å². The molecular weight excluding hydrogens is 223 g/mol. The number of rotatable bonds is 4. The second-order valence-corrected chi connectivity index (χ2v) is 4.15. The predicted octanol–water partition coefficient (Wildman–Crippen LogP) is 2.60. The van der Waals surface area contributed by atoms with Crippen LogP contribution in [0.15, 0.2) is 24.3 Å². The average Bonchev–Trinajstić information content (AvgIpc) is 2.29. The van der Waals surface area contributed by atoms with Crippen molar-refractivity contribution in [1.29, 1.82) is 0 Å². The SMILES string of the molecule is CCOC(=O)C(C)(C)C(=O)c1ccccc1F. The Balaban J connectivity index is 3.05. The Hall–Kier alpha value is -1.71. The lowest BCUT2D eigenvalue weighted by Crippen LogP contribution is -2.35. The van der Waals surface area contributed by atoms with Crippen molar-refractivity contribution in [3.8, 4) is 0 Å². The number of ketones is 1. The molecule has 0 radical (unpaired) electrons. The molecule has 0 spiro atoms. The summed E-state index contributed by atoms with van der Waals surface area (Å²) in [5.74, 6) is -1.85. The summed E-state index contributed by atoms with van der Waals surface area (Å²) in [5, 5.41) is 0. The molecule has 1 rings (SSSR count). The maximum Gasteiger partial charge on any atom is 0.319 e. The van der Waals surface area contributed by atoms with Gasteiger partial charge in [0.15, 0.2) is 5.78 Å². The molecule has 17 heavy (non-hydrogen) atoms. The van der Waals surface area contributed by atoms with E-state index in [1.54, 1.807) is 13.0 Å². The molecular formula is C13H15FO3. The van der Waals surface area contributed by atoms with E-state index in [-0.39, 0.29) is 12.2 Å². The third kappa shape index (κ3) is 2.70. The summed E-state index contributed by atoms with van der Waals surface area (Å²) in [6.07, 6.45) is 0. The molecule has 0 bridgehead atoms. The van der Waals surface area contributed by atoms with Crippen LogP contribution in [-0.2, 0) is 9.53 Å². The zero-order valence-corrected chi connectivity index (χ0v) is 10.1. The Morgan fingerprint density at radius 3 is 2.41 bits per heavy atom. The van der Waals surface area contributed by atoms with Crippen LogP contribution in [0.2, 0.25) is 0 Å². The highest BCUT2D eigenvalue weighted by molar-refractivity contribution is 6.11. The van der Waals surface area contributed by atoms with Gasteiger partial charge in [-0.3, -0.25) is 9.59 Å². The van der Waals surface area contributed by atoms with Crippen molar-refractivity contribution in [2.75, 3.05) is 6.61 Å². The summed E-state index contributed by atoms with van der Waals surface area (Å²) in [4.78, 5) is 23.7. The minimum Gasteiger partial charge on any atom is -0.465 e. The molecule has 3 nitrogen and oxygen atoms in total. The zero-order chi connectivity index (χ0) is 13.1. The van der Waals surface area contributed by atoms with Gasteiger partial charge in [-0.05, 0) is 32.9 Å². The summed E-state index contributed by atoms with van der Waals surface area (Å²) in [6, 6.07) is 5.59. The van der Waals surface area contributed by atoms with Gasteiger partial charge in [0, 0.05) is 0 Å². The summed E-state index contributed by atoms with van der Waals surface area (Å²) in [7, 11) is 0. The second-order valence-electron chi connectivity index (χ2n) is 4.15. The van der Waals surface area contributed by atoms with E-state index in [4.69, 9.17) is 4.74 Å². The fourth-order valence-electron chi connectivity index (χ4n) is 1.39. The van der Waals surface area contributed by atoms with Gasteiger partial charge in [0.25, 0.3) is 0 Å². The molecule has 0 aromatic heterocycles. The molecule has 0 saturated carbocycles. The summed E-state index contributed by atoms with van der Waals surface area (Å²) < 4.78 is 18.3.